The number of aromatic nitrogens is 1. The Morgan fingerprint density at radius 1 is 1.10 bits per heavy atom. The smallest absolute Gasteiger partial charge is 0.277 e. The summed E-state index contributed by atoms with van der Waals surface area (Å²) >= 11 is 6.82. The zero-order chi connectivity index (χ0) is 14.4. The van der Waals surface area contributed by atoms with Crippen LogP contribution in [-0.4, -0.2) is 16.9 Å². The highest BCUT2D eigenvalue weighted by Crippen LogP contribution is 2.21. The number of hydrogen-bond donors (Lipinski definition) is 2. The Hall–Kier alpha value is -2.05. The fourth-order valence-corrected chi connectivity index (χ4v) is 2.11. The summed E-state index contributed by atoms with van der Waals surface area (Å²) in [5.41, 5.74) is 0.409. The summed E-state index contributed by atoms with van der Waals surface area (Å²) in [7, 11) is 0. The van der Waals surface area contributed by atoms with Crippen LogP contribution in [0.2, 0.25) is 5.15 Å². The molecule has 1 aromatic carbocycles. The molecule has 5 nitrogen and oxygen atoms in total. The fourth-order valence-electron chi connectivity index (χ4n) is 1.34. The maximum atomic E-state index is 11.7. The molecule has 0 atom stereocenters. The molecule has 0 aliphatic carbocycles. The van der Waals surface area contributed by atoms with Gasteiger partial charge in [0.05, 0.1) is 4.90 Å². The second-order valence-electron chi connectivity index (χ2n) is 3.65. The van der Waals surface area contributed by atoms with E-state index in [1.807, 2.05) is 0 Å². The number of carbonyl (C=O) groups excluding carboxylic acids is 2. The van der Waals surface area contributed by atoms with Gasteiger partial charge in [-0.3, -0.25) is 14.8 Å². The van der Waals surface area contributed by atoms with Gasteiger partial charge in [-0.05, 0) is 36.2 Å². The summed E-state index contributed by atoms with van der Waals surface area (Å²) in [6.45, 7) is 0. The molecule has 0 saturated carbocycles. The Balaban J connectivity index is 1.87. The van der Waals surface area contributed by atoms with Gasteiger partial charge in [0, 0.05) is 11.8 Å². The predicted octanol–water partition coefficient (Wildman–Crippen LogP) is 2.88. The molecule has 1 aromatic heterocycles. The second kappa shape index (κ2) is 6.93. The van der Waals surface area contributed by atoms with Gasteiger partial charge in [-0.1, -0.05) is 29.8 Å². The highest BCUT2D eigenvalue weighted by Gasteiger charge is 2.10. The zero-order valence-corrected chi connectivity index (χ0v) is 11.7. The third-order valence-electron chi connectivity index (χ3n) is 2.24. The van der Waals surface area contributed by atoms with Gasteiger partial charge >= 0.3 is 6.03 Å². The first-order valence-electron chi connectivity index (χ1n) is 5.60. The van der Waals surface area contributed by atoms with Crippen LogP contribution in [-0.2, 0) is 0 Å². The minimum absolute atomic E-state index is 0.284. The van der Waals surface area contributed by atoms with Crippen LogP contribution in [0.25, 0.3) is 0 Å². The molecule has 0 saturated heterocycles. The zero-order valence-electron chi connectivity index (χ0n) is 10.2. The maximum Gasteiger partial charge on any atom is 0.331 e. The molecule has 0 bridgehead atoms. The van der Waals surface area contributed by atoms with Crippen LogP contribution in [0.4, 0.5) is 4.79 Å². The number of carbonyl (C=O) groups is 2. The topological polar surface area (TPSA) is 71.1 Å². The summed E-state index contributed by atoms with van der Waals surface area (Å²) in [5.74, 6) is -0.471. The van der Waals surface area contributed by atoms with Gasteiger partial charge < -0.3 is 0 Å². The average molecular weight is 308 g/mol. The SMILES string of the molecule is O=C(NSc1cccnc1Cl)NC(=O)c1ccccc1. The molecule has 2 rings (SSSR count). The Morgan fingerprint density at radius 2 is 1.85 bits per heavy atom. The van der Waals surface area contributed by atoms with Gasteiger partial charge in [0.25, 0.3) is 5.91 Å². The molecule has 102 valence electrons. The molecule has 1 heterocycles. The molecule has 0 aliphatic rings. The first-order chi connectivity index (χ1) is 9.66. The van der Waals surface area contributed by atoms with Crippen LogP contribution in [0, 0.1) is 0 Å². The molecule has 7 heteroatoms. The second-order valence-corrected chi connectivity index (χ2v) is 4.85. The Labute approximate surface area is 124 Å². The summed E-state index contributed by atoms with van der Waals surface area (Å²) in [6, 6.07) is 11.2. The van der Waals surface area contributed by atoms with E-state index in [-0.39, 0.29) is 5.15 Å². The van der Waals surface area contributed by atoms with Gasteiger partial charge in [0.15, 0.2) is 0 Å². The molecule has 0 spiro atoms. The third kappa shape index (κ3) is 3.97. The first-order valence-corrected chi connectivity index (χ1v) is 6.80. The van der Waals surface area contributed by atoms with Crippen LogP contribution in [0.15, 0.2) is 53.6 Å². The molecule has 2 aromatic rings. The lowest BCUT2D eigenvalue weighted by molar-refractivity contribution is 0.0965. The average Bonchev–Trinajstić information content (AvgIpc) is 2.47. The van der Waals surface area contributed by atoms with E-state index < -0.39 is 11.9 Å². The highest BCUT2D eigenvalue weighted by molar-refractivity contribution is 7.98. The largest absolute Gasteiger partial charge is 0.331 e. The van der Waals surface area contributed by atoms with Crippen molar-refractivity contribution in [2.45, 2.75) is 4.90 Å². The van der Waals surface area contributed by atoms with E-state index in [9.17, 15) is 9.59 Å². The molecular weight excluding hydrogens is 298 g/mol. The lowest BCUT2D eigenvalue weighted by atomic mass is 10.2. The van der Waals surface area contributed by atoms with Crippen LogP contribution in [0.1, 0.15) is 10.4 Å². The number of imide groups is 1. The summed E-state index contributed by atoms with van der Waals surface area (Å²) in [5, 5.41) is 2.50. The van der Waals surface area contributed by atoms with Gasteiger partial charge in [-0.15, -0.1) is 0 Å². The lowest BCUT2D eigenvalue weighted by Crippen LogP contribution is -2.36. The van der Waals surface area contributed by atoms with E-state index in [1.165, 1.54) is 0 Å². The van der Waals surface area contributed by atoms with Crippen molar-refractivity contribution in [1.29, 1.82) is 0 Å². The number of rotatable bonds is 3. The van der Waals surface area contributed by atoms with E-state index in [0.717, 1.165) is 11.9 Å². The number of hydrogen-bond acceptors (Lipinski definition) is 4. The molecule has 3 amide bonds. The Kier molecular flexibility index (Phi) is 4.97. The number of benzene rings is 1. The highest BCUT2D eigenvalue weighted by atomic mass is 35.5. The van der Waals surface area contributed by atoms with Crippen molar-refractivity contribution in [1.82, 2.24) is 15.0 Å². The van der Waals surface area contributed by atoms with Crippen molar-refractivity contribution in [2.75, 3.05) is 0 Å². The predicted molar refractivity (Wildman–Crippen MR) is 77.5 cm³/mol. The molecule has 0 fully saturated rings. The quantitative estimate of drug-likeness (QED) is 0.675. The van der Waals surface area contributed by atoms with Crippen LogP contribution in [0.5, 0.6) is 0 Å². The Bertz CT molecular complexity index is 622. The molecule has 2 N–H and O–H groups in total. The van der Waals surface area contributed by atoms with Crippen molar-refractivity contribution in [2.24, 2.45) is 0 Å². The third-order valence-corrected chi connectivity index (χ3v) is 3.49. The number of urea groups is 1. The number of amides is 3. The molecule has 0 radical (unpaired) electrons. The number of pyridine rings is 1. The summed E-state index contributed by atoms with van der Waals surface area (Å²) < 4.78 is 2.46. The van der Waals surface area contributed by atoms with Crippen LogP contribution < -0.4 is 10.0 Å². The Morgan fingerprint density at radius 3 is 2.55 bits per heavy atom. The first kappa shape index (κ1) is 14.4. The van der Waals surface area contributed by atoms with E-state index in [2.05, 4.69) is 15.0 Å². The molecule has 0 aliphatic heterocycles. The fraction of sp³-hybridized carbons (Fsp3) is 0. The number of halogens is 1. The van der Waals surface area contributed by atoms with Crippen LogP contribution in [0.3, 0.4) is 0 Å². The molecule has 0 unspecified atom stereocenters. The van der Waals surface area contributed by atoms with Crippen LogP contribution >= 0.6 is 23.5 Å². The van der Waals surface area contributed by atoms with E-state index in [1.54, 1.807) is 48.7 Å². The van der Waals surface area contributed by atoms with E-state index in [4.69, 9.17) is 11.6 Å². The maximum absolute atomic E-state index is 11.7. The lowest BCUT2D eigenvalue weighted by Gasteiger charge is -2.06. The summed E-state index contributed by atoms with van der Waals surface area (Å²) in [4.78, 5) is 27.8. The van der Waals surface area contributed by atoms with Gasteiger partial charge in [-0.2, -0.15) is 0 Å². The van der Waals surface area contributed by atoms with Crippen molar-refractivity contribution in [3.8, 4) is 0 Å². The number of nitrogens with one attached hydrogen (secondary N) is 2. The number of nitrogens with zero attached hydrogens (tertiary/aromatic N) is 1. The monoisotopic (exact) mass is 307 g/mol. The van der Waals surface area contributed by atoms with Crippen molar-refractivity contribution < 1.29 is 9.59 Å². The van der Waals surface area contributed by atoms with E-state index >= 15 is 0 Å². The van der Waals surface area contributed by atoms with Gasteiger partial charge in [-0.25, -0.2) is 9.78 Å². The van der Waals surface area contributed by atoms with Crippen molar-refractivity contribution >= 4 is 35.5 Å². The minimum atomic E-state index is -0.622. The van der Waals surface area contributed by atoms with Crippen molar-refractivity contribution in [3.05, 3.63) is 59.4 Å². The standard InChI is InChI=1S/C13H10ClN3O2S/c14-11-10(7-4-8-15-11)20-17-13(19)16-12(18)9-5-2-1-3-6-9/h1-8H,(H2,16,17,18,19). The van der Waals surface area contributed by atoms with Gasteiger partial charge in [0.1, 0.15) is 5.15 Å². The van der Waals surface area contributed by atoms with Gasteiger partial charge in [0.2, 0.25) is 0 Å². The molecule has 20 heavy (non-hydrogen) atoms. The van der Waals surface area contributed by atoms with Crippen molar-refractivity contribution in [3.63, 3.8) is 0 Å². The normalized spacial score (nSPS) is 9.85. The minimum Gasteiger partial charge on any atom is -0.277 e. The molecular formula is C13H10ClN3O2S. The van der Waals surface area contributed by atoms with E-state index in [0.29, 0.717) is 10.5 Å². The summed E-state index contributed by atoms with van der Waals surface area (Å²) in [6.07, 6.45) is 1.55.